The van der Waals surface area contributed by atoms with Gasteiger partial charge in [0.2, 0.25) is 0 Å². The molecule has 0 unspecified atom stereocenters. The molecule has 2 aromatic carbocycles. The van der Waals surface area contributed by atoms with Crippen LogP contribution in [-0.4, -0.2) is 36.2 Å². The normalized spacial score (nSPS) is 10.0. The van der Waals surface area contributed by atoms with Gasteiger partial charge in [-0.1, -0.05) is 58.9 Å². The van der Waals surface area contributed by atoms with Gasteiger partial charge in [-0.2, -0.15) is 0 Å². The van der Waals surface area contributed by atoms with Crippen molar-refractivity contribution in [3.8, 4) is 21.9 Å². The van der Waals surface area contributed by atoms with Gasteiger partial charge in [0.05, 0.1) is 26.1 Å². The molecule has 208 valence electrons. The highest BCUT2D eigenvalue weighted by atomic mass is 32.9. The zero-order chi connectivity index (χ0) is 28.6. The molecule has 3 rings (SSSR count). The van der Waals surface area contributed by atoms with Crippen molar-refractivity contribution in [1.29, 1.82) is 0 Å². The SMILES string of the molecule is CC.O=C(CCC(=O)Oc1ccccc1C(=O)Oc1ccc(-c2cc(=S)ss2)cc1)OCCCCO[N+](=O)[O-]. The summed E-state index contributed by atoms with van der Waals surface area (Å²) in [5, 5.41) is 9.15. The summed E-state index contributed by atoms with van der Waals surface area (Å²) >= 11 is 5.16. The molecule has 0 amide bonds. The van der Waals surface area contributed by atoms with Crippen LogP contribution in [0.25, 0.3) is 10.4 Å². The molecule has 1 aromatic heterocycles. The highest BCUT2D eigenvalue weighted by molar-refractivity contribution is 7.80. The average molecular weight is 594 g/mol. The van der Waals surface area contributed by atoms with Crippen LogP contribution in [-0.2, 0) is 19.2 Å². The highest BCUT2D eigenvalue weighted by Crippen LogP contribution is 2.31. The number of hydrogen-bond acceptors (Lipinski definition) is 12. The van der Waals surface area contributed by atoms with Crippen LogP contribution < -0.4 is 9.47 Å². The van der Waals surface area contributed by atoms with E-state index in [0.29, 0.717) is 18.6 Å². The second-order valence-corrected chi connectivity index (χ2v) is 10.3. The van der Waals surface area contributed by atoms with Gasteiger partial charge >= 0.3 is 17.9 Å². The number of nitrogens with zero attached hydrogens (tertiary/aromatic N) is 1. The number of esters is 3. The zero-order valence-electron chi connectivity index (χ0n) is 21.3. The summed E-state index contributed by atoms with van der Waals surface area (Å²) < 4.78 is 16.5. The van der Waals surface area contributed by atoms with Crippen molar-refractivity contribution in [1.82, 2.24) is 0 Å². The second kappa shape index (κ2) is 17.0. The van der Waals surface area contributed by atoms with E-state index in [-0.39, 0.29) is 37.4 Å². The summed E-state index contributed by atoms with van der Waals surface area (Å²) in [6.07, 6.45) is 0.245. The Balaban J connectivity index is 0.00000260. The summed E-state index contributed by atoms with van der Waals surface area (Å²) in [6.45, 7) is 3.96. The lowest BCUT2D eigenvalue weighted by Crippen LogP contribution is -2.16. The van der Waals surface area contributed by atoms with Gasteiger partial charge < -0.3 is 19.0 Å². The van der Waals surface area contributed by atoms with Crippen molar-refractivity contribution in [2.75, 3.05) is 13.2 Å². The largest absolute Gasteiger partial charge is 0.466 e. The van der Waals surface area contributed by atoms with Crippen LogP contribution in [0.3, 0.4) is 0 Å². The minimum atomic E-state index is -0.892. The summed E-state index contributed by atoms with van der Waals surface area (Å²) in [7, 11) is 3.08. The summed E-state index contributed by atoms with van der Waals surface area (Å²) in [6, 6.07) is 15.0. The molecule has 0 aliphatic rings. The van der Waals surface area contributed by atoms with Gasteiger partial charge in [0.15, 0.2) is 0 Å². The molecular weight excluding hydrogens is 566 g/mol. The molecule has 0 bridgehead atoms. The van der Waals surface area contributed by atoms with Gasteiger partial charge in [-0.25, -0.2) is 4.79 Å². The van der Waals surface area contributed by atoms with E-state index in [4.69, 9.17) is 26.4 Å². The minimum absolute atomic E-state index is 0.00586. The molecule has 0 spiro atoms. The number of benzene rings is 2. The molecule has 39 heavy (non-hydrogen) atoms. The molecule has 0 aliphatic carbocycles. The van der Waals surface area contributed by atoms with Crippen molar-refractivity contribution in [3.63, 3.8) is 0 Å². The van der Waals surface area contributed by atoms with Gasteiger partial charge in [0, 0.05) is 4.88 Å². The van der Waals surface area contributed by atoms with E-state index in [2.05, 4.69) is 4.84 Å². The van der Waals surface area contributed by atoms with Crippen LogP contribution in [0.4, 0.5) is 0 Å². The molecule has 10 nitrogen and oxygen atoms in total. The Labute approximate surface area is 237 Å². The standard InChI is InChI=1S/C24H21NO9S3.C2H6/c26-21(31-13-3-4-14-32-25(29)30)11-12-22(27)34-19-6-2-1-5-18(19)24(28)33-17-9-7-16(8-10-17)20-15-23(35)37-36-20;1-2/h1-2,5-10,15H,3-4,11-14H2;1-2H3. The second-order valence-electron chi connectivity index (χ2n) is 7.36. The highest BCUT2D eigenvalue weighted by Gasteiger charge is 2.18. The first-order chi connectivity index (χ1) is 18.8. The Kier molecular flexibility index (Phi) is 13.8. The topological polar surface area (TPSA) is 131 Å². The molecule has 0 atom stereocenters. The summed E-state index contributed by atoms with van der Waals surface area (Å²) in [5.41, 5.74) is 1.00. The number of unbranched alkanes of at least 4 members (excludes halogenated alkanes) is 1. The predicted molar refractivity (Wildman–Crippen MR) is 149 cm³/mol. The quantitative estimate of drug-likeness (QED) is 0.0403. The first-order valence-electron chi connectivity index (χ1n) is 12.0. The Morgan fingerprint density at radius 2 is 1.56 bits per heavy atom. The van der Waals surface area contributed by atoms with Crippen LogP contribution in [0.2, 0.25) is 0 Å². The van der Waals surface area contributed by atoms with Crippen LogP contribution in [0.5, 0.6) is 11.5 Å². The number of rotatable bonds is 13. The fraction of sp³-hybridized carbons (Fsp3) is 0.308. The van der Waals surface area contributed by atoms with E-state index in [1.54, 1.807) is 34.6 Å². The van der Waals surface area contributed by atoms with Crippen molar-refractivity contribution in [2.24, 2.45) is 0 Å². The van der Waals surface area contributed by atoms with Gasteiger partial charge in [-0.15, -0.1) is 10.1 Å². The minimum Gasteiger partial charge on any atom is -0.466 e. The third-order valence-electron chi connectivity index (χ3n) is 4.67. The average Bonchev–Trinajstić information content (AvgIpc) is 3.37. The first-order valence-corrected chi connectivity index (χ1v) is 14.5. The fourth-order valence-electron chi connectivity index (χ4n) is 2.93. The third-order valence-corrected chi connectivity index (χ3v) is 7.58. The van der Waals surface area contributed by atoms with Crippen LogP contribution >= 0.6 is 32.9 Å². The number of carbonyl (C=O) groups is 3. The zero-order valence-corrected chi connectivity index (χ0v) is 23.7. The molecule has 0 saturated carbocycles. The molecule has 0 N–H and O–H groups in total. The van der Waals surface area contributed by atoms with Crippen molar-refractivity contribution in [3.05, 3.63) is 74.1 Å². The lowest BCUT2D eigenvalue weighted by Gasteiger charge is -2.10. The smallest absolute Gasteiger partial charge is 0.347 e. The van der Waals surface area contributed by atoms with E-state index in [9.17, 15) is 24.5 Å². The Bertz CT molecular complexity index is 1300. The Hall–Kier alpha value is -3.68. The van der Waals surface area contributed by atoms with E-state index in [1.807, 2.05) is 32.0 Å². The molecule has 3 aromatic rings. The molecule has 0 fully saturated rings. The number of carbonyl (C=O) groups excluding carboxylic acids is 3. The predicted octanol–water partition coefficient (Wildman–Crippen LogP) is 6.67. The van der Waals surface area contributed by atoms with Crippen LogP contribution in [0, 0.1) is 13.9 Å². The fourth-order valence-corrected chi connectivity index (χ4v) is 5.33. The van der Waals surface area contributed by atoms with E-state index >= 15 is 0 Å². The maximum atomic E-state index is 12.7. The van der Waals surface area contributed by atoms with Crippen molar-refractivity contribution < 1.29 is 38.5 Å². The van der Waals surface area contributed by atoms with Crippen LogP contribution in [0.1, 0.15) is 49.9 Å². The van der Waals surface area contributed by atoms with Gasteiger partial charge in [0.1, 0.15) is 20.9 Å². The Morgan fingerprint density at radius 1 is 0.897 bits per heavy atom. The number of ether oxygens (including phenoxy) is 3. The molecular formula is C26H27NO9S3. The molecule has 0 saturated heterocycles. The molecule has 0 aliphatic heterocycles. The van der Waals surface area contributed by atoms with E-state index in [1.165, 1.54) is 22.5 Å². The summed E-state index contributed by atoms with van der Waals surface area (Å²) in [4.78, 5) is 52.0. The lowest BCUT2D eigenvalue weighted by molar-refractivity contribution is -0.757. The van der Waals surface area contributed by atoms with Gasteiger partial charge in [-0.05, 0) is 60.9 Å². The van der Waals surface area contributed by atoms with E-state index in [0.717, 1.165) is 14.3 Å². The lowest BCUT2D eigenvalue weighted by atomic mass is 10.2. The van der Waals surface area contributed by atoms with Crippen molar-refractivity contribution in [2.45, 2.75) is 39.5 Å². The number of para-hydroxylation sites is 1. The van der Waals surface area contributed by atoms with Crippen molar-refractivity contribution >= 4 is 50.8 Å². The molecule has 1 heterocycles. The van der Waals surface area contributed by atoms with Crippen LogP contribution in [0.15, 0.2) is 54.6 Å². The first kappa shape index (κ1) is 31.5. The summed E-state index contributed by atoms with van der Waals surface area (Å²) in [5.74, 6) is -1.72. The number of hydrogen-bond donors (Lipinski definition) is 0. The van der Waals surface area contributed by atoms with Gasteiger partial charge in [0.25, 0.3) is 5.09 Å². The van der Waals surface area contributed by atoms with E-state index < -0.39 is 23.0 Å². The molecule has 0 radical (unpaired) electrons. The Morgan fingerprint density at radius 3 is 2.23 bits per heavy atom. The maximum Gasteiger partial charge on any atom is 0.347 e. The monoisotopic (exact) mass is 593 g/mol. The molecule has 13 heteroatoms. The van der Waals surface area contributed by atoms with Gasteiger partial charge in [-0.3, -0.25) is 9.59 Å². The maximum absolute atomic E-state index is 12.7. The third kappa shape index (κ3) is 11.3.